The smallest absolute Gasteiger partial charge is 0.329 e. The van der Waals surface area contributed by atoms with E-state index in [1.165, 1.54) is 14.2 Å². The summed E-state index contributed by atoms with van der Waals surface area (Å²) in [6, 6.07) is -1.15. The first kappa shape index (κ1) is 44.2. The topological polar surface area (TPSA) is 189 Å². The van der Waals surface area contributed by atoms with E-state index < -0.39 is 90.0 Å². The summed E-state index contributed by atoms with van der Waals surface area (Å²) in [7, 11) is 3.04. The summed E-state index contributed by atoms with van der Waals surface area (Å²) in [6.07, 6.45) is 1.55. The van der Waals surface area contributed by atoms with Crippen molar-refractivity contribution >= 4 is 23.4 Å². The van der Waals surface area contributed by atoms with Crippen molar-refractivity contribution in [3.05, 3.63) is 23.3 Å². The molecule has 2 bridgehead atoms. The molecule has 7 unspecified atom stereocenters. The number of Topliss-reactive ketones (excluding diaryl/α,β-unsaturated/α-hetero) is 2. The second kappa shape index (κ2) is 19.1. The van der Waals surface area contributed by atoms with Crippen molar-refractivity contribution in [3.8, 4) is 0 Å². The number of aliphatic hydroxyl groups excluding tert-OH is 3. The largest absolute Gasteiger partial charge is 0.456 e. The summed E-state index contributed by atoms with van der Waals surface area (Å²) in [5.41, 5.74) is 1.56. The van der Waals surface area contributed by atoms with E-state index >= 15 is 0 Å². The summed E-state index contributed by atoms with van der Waals surface area (Å²) >= 11 is 0. The number of hydrogen-bond acceptors (Lipinski definition) is 12. The number of carbonyl (C=O) groups excluding carboxylic acids is 4. The molecule has 0 aromatic rings. The molecule has 1 amide bonds. The first-order chi connectivity index (χ1) is 25.4. The van der Waals surface area contributed by atoms with Crippen LogP contribution in [0, 0.1) is 29.6 Å². The maximum Gasteiger partial charge on any atom is 0.329 e. The van der Waals surface area contributed by atoms with E-state index in [9.17, 15) is 39.6 Å². The van der Waals surface area contributed by atoms with Crippen LogP contribution in [0.25, 0.3) is 0 Å². The van der Waals surface area contributed by atoms with Gasteiger partial charge in [-0.3, -0.25) is 14.4 Å². The molecule has 4 rings (SSSR count). The van der Waals surface area contributed by atoms with Gasteiger partial charge in [0.2, 0.25) is 5.79 Å². The van der Waals surface area contributed by atoms with Crippen molar-refractivity contribution in [2.75, 3.05) is 20.8 Å². The van der Waals surface area contributed by atoms with E-state index in [0.717, 1.165) is 10.5 Å². The zero-order valence-electron chi connectivity index (χ0n) is 33.4. The number of ether oxygens (including phenoxy) is 4. The molecule has 0 radical (unpaired) electrons. The van der Waals surface area contributed by atoms with Crippen LogP contribution in [0.3, 0.4) is 0 Å². The van der Waals surface area contributed by atoms with Crippen molar-refractivity contribution < 1.29 is 58.6 Å². The number of ketones is 2. The quantitative estimate of drug-likeness (QED) is 0.186. The van der Waals surface area contributed by atoms with Gasteiger partial charge in [-0.1, -0.05) is 45.4 Å². The molecule has 3 fully saturated rings. The van der Waals surface area contributed by atoms with Gasteiger partial charge >= 0.3 is 5.97 Å². The van der Waals surface area contributed by atoms with Gasteiger partial charge in [-0.15, -0.1) is 0 Å². The minimum Gasteiger partial charge on any atom is -0.456 e. The van der Waals surface area contributed by atoms with Crippen LogP contribution in [0.2, 0.25) is 0 Å². The standard InChI is InChI=1S/C41H65NO12/c1-22-15-23(2)17-34(51-7)37-35(52-8)19-26(5)41(50,54-37)38(47)39(48)42-14-10-9-11-29(42)40(49)53-36(27(6)32(45)21-31(44)24(3)16-22)25(4)18-28-12-13-30(43)33(46)20-28/h16,18,23-24,26-30,32-37,43,45-46,50H,9-15,17,19-21H2,1-8H3/b22-16+,25-18+/t23-,24+,26?,27+,28?,29?,30+,32-,33?,34-,35?,36+,37?,41?/m0/s1. The molecule has 3 aliphatic heterocycles. The number of carbonyl (C=O) groups is 4. The minimum atomic E-state index is -2.51. The number of methoxy groups -OCH3 is 2. The summed E-state index contributed by atoms with van der Waals surface area (Å²) in [4.78, 5) is 57.1. The summed E-state index contributed by atoms with van der Waals surface area (Å²) in [5, 5.41) is 43.9. The van der Waals surface area contributed by atoms with Crippen LogP contribution in [0.1, 0.15) is 106 Å². The number of rotatable bonds is 4. The molecule has 4 aliphatic rings. The highest BCUT2D eigenvalue weighted by atomic mass is 16.7. The van der Waals surface area contributed by atoms with Gasteiger partial charge in [-0.25, -0.2) is 4.79 Å². The molecular formula is C41H65NO12. The van der Waals surface area contributed by atoms with Crippen molar-refractivity contribution in [1.82, 2.24) is 4.90 Å². The lowest BCUT2D eigenvalue weighted by Gasteiger charge is -2.47. The van der Waals surface area contributed by atoms with Crippen molar-refractivity contribution in [3.63, 3.8) is 0 Å². The maximum atomic E-state index is 14.2. The molecule has 0 aromatic heterocycles. The average molecular weight is 764 g/mol. The van der Waals surface area contributed by atoms with Crippen LogP contribution < -0.4 is 0 Å². The molecule has 13 heteroatoms. The third-order valence-electron chi connectivity index (χ3n) is 12.3. The van der Waals surface area contributed by atoms with Gasteiger partial charge in [0.1, 0.15) is 24.0 Å². The van der Waals surface area contributed by atoms with Gasteiger partial charge in [0.25, 0.3) is 11.7 Å². The average Bonchev–Trinajstić information content (AvgIpc) is 3.13. The van der Waals surface area contributed by atoms with E-state index in [1.54, 1.807) is 27.7 Å². The number of hydrogen-bond donors (Lipinski definition) is 4. The first-order valence-corrected chi connectivity index (χ1v) is 19.9. The molecule has 13 nitrogen and oxygen atoms in total. The number of nitrogens with zero attached hydrogens (tertiary/aromatic N) is 1. The van der Waals surface area contributed by atoms with Crippen molar-refractivity contribution in [2.45, 2.75) is 160 Å². The molecule has 14 atom stereocenters. The number of fused-ring (bicyclic) bond motifs is 3. The predicted octanol–water partition coefficient (Wildman–Crippen LogP) is 3.43. The molecule has 0 aromatic carbocycles. The molecule has 54 heavy (non-hydrogen) atoms. The lowest BCUT2D eigenvalue weighted by atomic mass is 9.82. The van der Waals surface area contributed by atoms with Crippen LogP contribution in [0.5, 0.6) is 0 Å². The Morgan fingerprint density at radius 2 is 1.56 bits per heavy atom. The molecule has 2 saturated heterocycles. The summed E-state index contributed by atoms with van der Waals surface area (Å²) < 4.78 is 24.0. The van der Waals surface area contributed by atoms with Crippen molar-refractivity contribution in [1.29, 1.82) is 0 Å². The third-order valence-corrected chi connectivity index (χ3v) is 12.3. The van der Waals surface area contributed by atoms with Gasteiger partial charge in [0, 0.05) is 44.9 Å². The highest BCUT2D eigenvalue weighted by molar-refractivity contribution is 6.39. The van der Waals surface area contributed by atoms with E-state index in [4.69, 9.17) is 18.9 Å². The van der Waals surface area contributed by atoms with E-state index in [2.05, 4.69) is 0 Å². The fourth-order valence-electron chi connectivity index (χ4n) is 8.93. The Hall–Kier alpha value is -2.52. The van der Waals surface area contributed by atoms with E-state index in [0.29, 0.717) is 50.5 Å². The number of esters is 1. The van der Waals surface area contributed by atoms with Crippen molar-refractivity contribution in [2.24, 2.45) is 29.6 Å². The number of aliphatic hydroxyl groups is 4. The van der Waals surface area contributed by atoms with Gasteiger partial charge in [-0.05, 0) is 89.0 Å². The molecule has 1 aliphatic carbocycles. The lowest BCUT2D eigenvalue weighted by molar-refractivity contribution is -0.302. The second-order valence-corrected chi connectivity index (χ2v) is 16.7. The molecule has 4 N–H and O–H groups in total. The fraction of sp³-hybridized carbons (Fsp3) is 0.805. The number of amides is 1. The van der Waals surface area contributed by atoms with Crippen LogP contribution >= 0.6 is 0 Å². The van der Waals surface area contributed by atoms with Gasteiger partial charge < -0.3 is 44.3 Å². The molecule has 3 heterocycles. The minimum absolute atomic E-state index is 0.0282. The zero-order valence-corrected chi connectivity index (χ0v) is 33.4. The maximum absolute atomic E-state index is 14.2. The molecule has 0 spiro atoms. The van der Waals surface area contributed by atoms with Crippen LogP contribution in [-0.2, 0) is 38.1 Å². The highest BCUT2D eigenvalue weighted by Crippen LogP contribution is 2.39. The lowest BCUT2D eigenvalue weighted by Crippen LogP contribution is -2.64. The Morgan fingerprint density at radius 3 is 2.20 bits per heavy atom. The second-order valence-electron chi connectivity index (χ2n) is 16.7. The van der Waals surface area contributed by atoms with Crippen LogP contribution in [0.15, 0.2) is 23.3 Å². The van der Waals surface area contributed by atoms with Gasteiger partial charge in [-0.2, -0.15) is 0 Å². The zero-order chi connectivity index (χ0) is 40.1. The van der Waals surface area contributed by atoms with Crippen LogP contribution in [0.4, 0.5) is 0 Å². The number of cyclic esters (lactones) is 1. The molecule has 306 valence electrons. The first-order valence-electron chi connectivity index (χ1n) is 19.9. The Balaban J connectivity index is 1.75. The Morgan fingerprint density at radius 1 is 0.889 bits per heavy atom. The van der Waals surface area contributed by atoms with E-state index in [-0.39, 0.29) is 43.4 Å². The number of piperidine rings is 1. The highest BCUT2D eigenvalue weighted by Gasteiger charge is 2.56. The Kier molecular flexibility index (Phi) is 15.6. The SMILES string of the molecule is COC1CC(C)C2(O)OC1[C@@H](OC)C[C@@H](C)C/C(C)=C/[C@@H](C)C(=O)C[C@H](O)[C@@H](C)[C@@H](/C(C)=C/C1CC[C@@H](O)C(O)C1)OC(=O)C1CCCCN1C(=O)C2=O. The van der Waals surface area contributed by atoms with Gasteiger partial charge in [0.05, 0.1) is 30.5 Å². The summed E-state index contributed by atoms with van der Waals surface area (Å²) in [6.45, 7) is 10.9. The Bertz CT molecular complexity index is 1400. The normalized spacial score (nSPS) is 42.7. The Labute approximate surface area is 320 Å². The fourth-order valence-corrected chi connectivity index (χ4v) is 8.93. The number of allylic oxidation sites excluding steroid dienone is 3. The van der Waals surface area contributed by atoms with Crippen LogP contribution in [-0.4, -0.2) is 124 Å². The predicted molar refractivity (Wildman–Crippen MR) is 199 cm³/mol. The third kappa shape index (κ3) is 10.3. The van der Waals surface area contributed by atoms with Gasteiger partial charge in [0.15, 0.2) is 0 Å². The molecular weight excluding hydrogens is 698 g/mol. The summed E-state index contributed by atoms with van der Waals surface area (Å²) in [5.74, 6) is -7.86. The monoisotopic (exact) mass is 763 g/mol. The van der Waals surface area contributed by atoms with E-state index in [1.807, 2.05) is 26.0 Å². The molecule has 1 saturated carbocycles.